The highest BCUT2D eigenvalue weighted by atomic mass is 35.5. The second-order valence-corrected chi connectivity index (χ2v) is 29.5. The number of ketones is 3. The summed E-state index contributed by atoms with van der Waals surface area (Å²) in [6, 6.07) is 10.6. The Labute approximate surface area is 566 Å². The fourth-order valence-corrected chi connectivity index (χ4v) is 15.2. The van der Waals surface area contributed by atoms with Gasteiger partial charge in [0.25, 0.3) is 11.8 Å². The summed E-state index contributed by atoms with van der Waals surface area (Å²) in [5, 5.41) is 45.4. The molecule has 6 atom stereocenters. The third kappa shape index (κ3) is 12.1. The highest BCUT2D eigenvalue weighted by Crippen LogP contribution is 2.53. The Hall–Kier alpha value is -8.76. The van der Waals surface area contributed by atoms with Gasteiger partial charge >= 0.3 is 0 Å². The van der Waals surface area contributed by atoms with Crippen LogP contribution in [0.2, 0.25) is 5.02 Å². The number of nitrogens with one attached hydrogen (secondary N) is 2. The molecule has 3 spiro atoms. The van der Waals surface area contributed by atoms with Gasteiger partial charge in [-0.2, -0.15) is 0 Å². The minimum atomic E-state index is -0.992. The molecule has 2 amide bonds. The molecule has 6 aliphatic heterocycles. The molecular formula is C70H71ClF5N7O14S. The largest absolute Gasteiger partial charge is 0.503 e. The molecular weight excluding hydrogens is 1330 g/mol. The van der Waals surface area contributed by atoms with E-state index >= 15 is 0 Å². The van der Waals surface area contributed by atoms with Crippen molar-refractivity contribution in [3.05, 3.63) is 188 Å². The number of amides is 2. The number of halogens is 6. The standard InChI is InChI=1S/C24H23F2N3O4S.C23H24ClFN2O5.C23H24F2N2O5/c1-12-8-24(33-10-12)11-29-9-15(19(30)20(31)18(29)21(32)23(24,2)3)22-28-27-17(34-22)6-13-4-5-14(25)7-16(13)26;1-12-7-23(32-10-12)11-27-9-14(18(28)19(29)17(27)20(30)22(23,2)3)21(31)26-8-13-5-4-6-15(24)16(13)25;1-12-7-23(32-10-12)11-27-9-15(18(28)19(29)17(27)20(30)22(23,2)3)21(31)26-8-13-4-5-14(24)6-16(13)25/h4-5,7,9,12,31H,6,8,10-11H2,1-3H3;2*4-6,9,12,29H,7-8,10-11H2,1-3H3,(H,26,31). The number of aromatic nitrogens is 5. The Balaban J connectivity index is 0.000000149. The Kier molecular flexibility index (Phi) is 18.6. The number of hydrogen-bond acceptors (Lipinski definition) is 17. The summed E-state index contributed by atoms with van der Waals surface area (Å²) >= 11 is 6.83. The maximum atomic E-state index is 14.1. The Morgan fingerprint density at radius 2 is 0.959 bits per heavy atom. The van der Waals surface area contributed by atoms with E-state index in [0.29, 0.717) is 56.7 Å². The van der Waals surface area contributed by atoms with E-state index in [1.165, 1.54) is 52.0 Å². The molecule has 28 heteroatoms. The number of pyridine rings is 3. The molecule has 0 saturated carbocycles. The summed E-state index contributed by atoms with van der Waals surface area (Å²) in [6.45, 7) is 18.4. The maximum Gasteiger partial charge on any atom is 0.257 e. The molecule has 10 heterocycles. The summed E-state index contributed by atoms with van der Waals surface area (Å²) in [5.74, 6) is -7.92. The minimum Gasteiger partial charge on any atom is -0.503 e. The third-order valence-corrected chi connectivity index (χ3v) is 21.5. The van der Waals surface area contributed by atoms with Crippen LogP contribution in [0.5, 0.6) is 17.2 Å². The number of rotatable bonds is 9. The Morgan fingerprint density at radius 3 is 1.37 bits per heavy atom. The van der Waals surface area contributed by atoms with Crippen molar-refractivity contribution in [2.75, 3.05) is 19.8 Å². The highest BCUT2D eigenvalue weighted by molar-refractivity contribution is 7.14. The van der Waals surface area contributed by atoms with Gasteiger partial charge in [0, 0.05) is 61.4 Å². The Morgan fingerprint density at radius 1 is 0.561 bits per heavy atom. The number of nitrogens with zero attached hydrogens (tertiary/aromatic N) is 5. The van der Waals surface area contributed by atoms with E-state index < -0.39 is 119 Å². The van der Waals surface area contributed by atoms with Crippen LogP contribution in [0.25, 0.3) is 10.6 Å². The van der Waals surface area contributed by atoms with Gasteiger partial charge < -0.3 is 53.9 Å². The number of fused-ring (bicyclic) bond motifs is 3. The van der Waals surface area contributed by atoms with Crippen molar-refractivity contribution in [1.29, 1.82) is 0 Å². The predicted octanol–water partition coefficient (Wildman–Crippen LogP) is 10.0. The highest BCUT2D eigenvalue weighted by Gasteiger charge is 2.61. The molecule has 6 unspecified atom stereocenters. The van der Waals surface area contributed by atoms with E-state index in [-0.39, 0.29) is 117 Å². The monoisotopic (exact) mass is 1400 g/mol. The van der Waals surface area contributed by atoms with E-state index in [1.54, 1.807) is 52.2 Å². The number of aromatic hydroxyl groups is 3. The fourth-order valence-electron chi connectivity index (χ4n) is 14.2. The molecule has 4 aromatic heterocycles. The van der Waals surface area contributed by atoms with Crippen LogP contribution in [-0.2, 0) is 53.4 Å². The van der Waals surface area contributed by atoms with Gasteiger partial charge in [0.15, 0.2) is 39.6 Å². The average Bonchev–Trinajstić information content (AvgIpc) is 1.27. The molecule has 3 fully saturated rings. The van der Waals surface area contributed by atoms with Crippen LogP contribution in [-0.4, -0.2) is 105 Å². The number of benzene rings is 3. The van der Waals surface area contributed by atoms with Gasteiger partial charge in [-0.05, 0) is 102 Å². The van der Waals surface area contributed by atoms with Crippen molar-refractivity contribution < 1.29 is 75.5 Å². The lowest BCUT2D eigenvalue weighted by atomic mass is 9.66. The normalized spacial score (nSPS) is 23.7. The lowest BCUT2D eigenvalue weighted by Gasteiger charge is -2.47. The van der Waals surface area contributed by atoms with Crippen LogP contribution in [0, 0.1) is 63.1 Å². The zero-order valence-electron chi connectivity index (χ0n) is 54.9. The number of carbonyl (C=O) groups excluding carboxylic acids is 5. The fraction of sp³-hybridized carbons (Fsp3) is 0.429. The first kappa shape index (κ1) is 70.6. The minimum absolute atomic E-state index is 0.0336. The van der Waals surface area contributed by atoms with Gasteiger partial charge in [0.05, 0.1) is 83.1 Å². The lowest BCUT2D eigenvalue weighted by Crippen LogP contribution is -2.57. The quantitative estimate of drug-likeness (QED) is 0.0840. The molecule has 518 valence electrons. The number of hydrogen-bond donors (Lipinski definition) is 5. The van der Waals surface area contributed by atoms with Gasteiger partial charge in [0.1, 0.15) is 62.3 Å². The van der Waals surface area contributed by atoms with Gasteiger partial charge in [-0.15, -0.1) is 10.2 Å². The van der Waals surface area contributed by atoms with Gasteiger partial charge in [-0.3, -0.25) is 38.4 Å². The lowest BCUT2D eigenvalue weighted by molar-refractivity contribution is -0.0880. The molecule has 3 aromatic carbocycles. The maximum absolute atomic E-state index is 14.1. The molecule has 0 aliphatic carbocycles. The van der Waals surface area contributed by atoms with Crippen LogP contribution < -0.4 is 26.9 Å². The first-order chi connectivity index (χ1) is 46.0. The van der Waals surface area contributed by atoms with Crippen LogP contribution in [0.4, 0.5) is 22.0 Å². The van der Waals surface area contributed by atoms with Crippen molar-refractivity contribution in [2.24, 2.45) is 34.0 Å². The number of ether oxygens (including phenoxy) is 3. The summed E-state index contributed by atoms with van der Waals surface area (Å²) in [4.78, 5) is 104. The van der Waals surface area contributed by atoms with Crippen LogP contribution in [0.15, 0.2) is 87.6 Å². The van der Waals surface area contributed by atoms with E-state index in [1.807, 2.05) is 13.8 Å². The molecule has 21 nitrogen and oxygen atoms in total. The summed E-state index contributed by atoms with van der Waals surface area (Å²) in [7, 11) is 0. The molecule has 98 heavy (non-hydrogen) atoms. The van der Waals surface area contributed by atoms with E-state index in [4.69, 9.17) is 25.8 Å². The van der Waals surface area contributed by atoms with E-state index in [0.717, 1.165) is 29.5 Å². The van der Waals surface area contributed by atoms with Gasteiger partial charge in [-0.25, -0.2) is 22.0 Å². The predicted molar refractivity (Wildman–Crippen MR) is 347 cm³/mol. The molecule has 7 aromatic rings. The van der Waals surface area contributed by atoms with Crippen molar-refractivity contribution >= 4 is 52.1 Å². The van der Waals surface area contributed by atoms with Crippen molar-refractivity contribution in [3.63, 3.8) is 0 Å². The number of Topliss-reactive ketones (excluding diaryl/α,β-unsaturated/α-hetero) is 3. The molecule has 5 N–H and O–H groups in total. The zero-order chi connectivity index (χ0) is 71.3. The third-order valence-electron chi connectivity index (χ3n) is 20.2. The number of carbonyl (C=O) groups is 5. The van der Waals surface area contributed by atoms with E-state index in [2.05, 4.69) is 27.8 Å². The SMILES string of the molecule is CC1COC2(C1)Cn1cc(-c3nnc(Cc4ccc(F)cc4F)s3)c(=O)c(O)c1C(=O)C2(C)C.CC1COC2(C1)Cn1cc(C(=O)NCc3ccc(F)cc3F)c(=O)c(O)c1C(=O)C2(C)C.CC1COC2(C1)Cn1cc(C(=O)NCc3cccc(Cl)c3F)c(=O)c(O)c1C(=O)C2(C)C. The zero-order valence-corrected chi connectivity index (χ0v) is 56.5. The first-order valence-electron chi connectivity index (χ1n) is 31.6. The summed E-state index contributed by atoms with van der Waals surface area (Å²) < 4.78 is 90.9. The van der Waals surface area contributed by atoms with Crippen LogP contribution >= 0.6 is 22.9 Å². The first-order valence-corrected chi connectivity index (χ1v) is 32.8. The molecule has 0 bridgehead atoms. The second kappa shape index (κ2) is 25.8. The smallest absolute Gasteiger partial charge is 0.257 e. The van der Waals surface area contributed by atoms with Gasteiger partial charge in [0.2, 0.25) is 16.3 Å². The van der Waals surface area contributed by atoms with Crippen LogP contribution in [0.3, 0.4) is 0 Å². The summed E-state index contributed by atoms with van der Waals surface area (Å²) in [6.07, 6.45) is 6.01. The summed E-state index contributed by atoms with van der Waals surface area (Å²) in [5.41, 5.74) is -8.45. The van der Waals surface area contributed by atoms with Crippen LogP contribution in [0.1, 0.15) is 155 Å². The average molecular weight is 1400 g/mol. The van der Waals surface area contributed by atoms with Crippen molar-refractivity contribution in [1.82, 2.24) is 34.5 Å². The van der Waals surface area contributed by atoms with Crippen molar-refractivity contribution in [3.8, 4) is 27.8 Å². The van der Waals surface area contributed by atoms with E-state index in [9.17, 15) is 75.6 Å². The van der Waals surface area contributed by atoms with Crippen molar-refractivity contribution in [2.45, 2.75) is 138 Å². The topological polar surface area (TPSA) is 290 Å². The second-order valence-electron chi connectivity index (χ2n) is 28.0. The molecule has 6 aliphatic rings. The molecule has 3 saturated heterocycles. The van der Waals surface area contributed by atoms with Gasteiger partial charge in [-0.1, -0.05) is 68.0 Å². The molecule has 0 radical (unpaired) electrons. The molecule has 13 rings (SSSR count). The Bertz CT molecular complexity index is 4680.